The summed E-state index contributed by atoms with van der Waals surface area (Å²) in [6.07, 6.45) is 0. The lowest BCUT2D eigenvalue weighted by Crippen LogP contribution is -2.33. The fraction of sp³-hybridized carbons (Fsp3) is 0.167. The van der Waals surface area contributed by atoms with Crippen LogP contribution >= 0.6 is 0 Å². The van der Waals surface area contributed by atoms with Crippen LogP contribution in [0.15, 0.2) is 77.7 Å². The van der Waals surface area contributed by atoms with E-state index in [1.165, 1.54) is 24.3 Å². The molecule has 0 saturated carbocycles. The Bertz CT molecular complexity index is 1220. The number of rotatable bonds is 9. The number of aryl methyl sites for hydroxylation is 1. The lowest BCUT2D eigenvalue weighted by atomic mass is 10.2. The third-order valence-electron chi connectivity index (χ3n) is 4.59. The molecule has 0 radical (unpaired) electrons. The van der Waals surface area contributed by atoms with E-state index < -0.39 is 21.8 Å². The number of carbonyl (C=O) groups excluding carboxylic acids is 2. The third kappa shape index (κ3) is 6.56. The second kappa shape index (κ2) is 10.6. The van der Waals surface area contributed by atoms with Gasteiger partial charge in [-0.25, -0.2) is 8.42 Å². The minimum absolute atomic E-state index is 0.159. The Morgan fingerprint density at radius 1 is 0.879 bits per heavy atom. The fourth-order valence-electron chi connectivity index (χ4n) is 2.95. The number of hydrogen-bond acceptors (Lipinski definition) is 5. The van der Waals surface area contributed by atoms with Crippen molar-refractivity contribution < 1.29 is 22.7 Å². The van der Waals surface area contributed by atoms with Crippen LogP contribution in [0, 0.1) is 6.92 Å². The molecule has 0 aromatic heterocycles. The van der Waals surface area contributed by atoms with Gasteiger partial charge >= 0.3 is 0 Å². The van der Waals surface area contributed by atoms with Crippen molar-refractivity contribution in [3.05, 3.63) is 83.9 Å². The molecule has 3 N–H and O–H groups in total. The number of hydrogen-bond donors (Lipinski definition) is 3. The molecule has 2 amide bonds. The van der Waals surface area contributed by atoms with Crippen molar-refractivity contribution >= 4 is 33.2 Å². The van der Waals surface area contributed by atoms with Gasteiger partial charge in [-0.2, -0.15) is 0 Å². The van der Waals surface area contributed by atoms with Crippen molar-refractivity contribution in [2.24, 2.45) is 0 Å². The van der Waals surface area contributed by atoms with Crippen LogP contribution in [0.1, 0.15) is 22.8 Å². The van der Waals surface area contributed by atoms with Gasteiger partial charge in [-0.3, -0.25) is 14.3 Å². The molecule has 8 nitrogen and oxygen atoms in total. The molecular weight excluding hydrogens is 442 g/mol. The summed E-state index contributed by atoms with van der Waals surface area (Å²) in [7, 11) is -3.71. The Balaban J connectivity index is 1.55. The summed E-state index contributed by atoms with van der Waals surface area (Å²) in [6.45, 7) is 3.88. The number of carbonyl (C=O) groups is 2. The van der Waals surface area contributed by atoms with Gasteiger partial charge in [0, 0.05) is 11.4 Å². The van der Waals surface area contributed by atoms with Crippen LogP contribution in [0.4, 0.5) is 11.4 Å². The highest BCUT2D eigenvalue weighted by molar-refractivity contribution is 7.92. The number of anilines is 2. The highest BCUT2D eigenvalue weighted by Gasteiger charge is 2.15. The smallest absolute Gasteiger partial charge is 0.261 e. The van der Waals surface area contributed by atoms with Crippen LogP contribution < -0.4 is 20.1 Å². The first-order chi connectivity index (χ1) is 15.8. The standard InChI is InChI=1S/C24H25N3O5S/c1-3-32-22-7-5-4-6-21(22)24(29)25-16-23(28)26-18-10-12-19(13-11-18)27-33(30,31)20-14-8-17(2)9-15-20/h4-15,27H,3,16H2,1-2H3,(H,25,29)(H,26,28). The predicted octanol–water partition coefficient (Wildman–Crippen LogP) is 3.56. The Kier molecular flexibility index (Phi) is 7.68. The van der Waals surface area contributed by atoms with Crippen LogP contribution in [0.2, 0.25) is 0 Å². The molecule has 0 spiro atoms. The van der Waals surface area contributed by atoms with Crippen LogP contribution in [-0.2, 0) is 14.8 Å². The molecule has 0 aliphatic rings. The molecule has 0 fully saturated rings. The lowest BCUT2D eigenvalue weighted by Gasteiger charge is -2.11. The summed E-state index contributed by atoms with van der Waals surface area (Å²) in [5.41, 5.74) is 2.12. The van der Waals surface area contributed by atoms with Gasteiger partial charge < -0.3 is 15.4 Å². The van der Waals surface area contributed by atoms with Crippen molar-refractivity contribution in [3.63, 3.8) is 0 Å². The average Bonchev–Trinajstić information content (AvgIpc) is 2.79. The maximum absolute atomic E-state index is 12.5. The van der Waals surface area contributed by atoms with Gasteiger partial charge in [0.25, 0.3) is 15.9 Å². The number of nitrogens with one attached hydrogen (secondary N) is 3. The van der Waals surface area contributed by atoms with E-state index >= 15 is 0 Å². The van der Waals surface area contributed by atoms with E-state index in [1.54, 1.807) is 48.5 Å². The lowest BCUT2D eigenvalue weighted by molar-refractivity contribution is -0.115. The van der Waals surface area contributed by atoms with Crippen LogP contribution in [0.3, 0.4) is 0 Å². The molecule has 0 unspecified atom stereocenters. The first-order valence-electron chi connectivity index (χ1n) is 10.3. The molecule has 172 valence electrons. The average molecular weight is 468 g/mol. The van der Waals surface area contributed by atoms with Gasteiger partial charge in [0.2, 0.25) is 5.91 Å². The topological polar surface area (TPSA) is 114 Å². The van der Waals surface area contributed by atoms with Crippen LogP contribution in [-0.4, -0.2) is 33.4 Å². The molecule has 3 rings (SSSR count). The highest BCUT2D eigenvalue weighted by atomic mass is 32.2. The molecule has 0 saturated heterocycles. The second-order valence-corrected chi connectivity index (χ2v) is 8.84. The summed E-state index contributed by atoms with van der Waals surface area (Å²) in [5.74, 6) is -0.401. The number of para-hydroxylation sites is 1. The second-order valence-electron chi connectivity index (χ2n) is 7.16. The van der Waals surface area contributed by atoms with E-state index in [0.717, 1.165) is 5.56 Å². The summed E-state index contributed by atoms with van der Waals surface area (Å²) < 4.78 is 32.9. The molecule has 3 aromatic carbocycles. The van der Waals surface area contributed by atoms with Gasteiger partial charge in [0.05, 0.1) is 23.6 Å². The van der Waals surface area contributed by atoms with Gasteiger partial charge in [0.1, 0.15) is 5.75 Å². The van der Waals surface area contributed by atoms with Gasteiger partial charge in [-0.15, -0.1) is 0 Å². The van der Waals surface area contributed by atoms with Crippen LogP contribution in [0.5, 0.6) is 5.75 Å². The molecule has 3 aromatic rings. The monoisotopic (exact) mass is 467 g/mol. The molecule has 0 aliphatic heterocycles. The molecule has 0 atom stereocenters. The van der Waals surface area contributed by atoms with Crippen molar-refractivity contribution in [1.29, 1.82) is 0 Å². The zero-order valence-corrected chi connectivity index (χ0v) is 19.1. The van der Waals surface area contributed by atoms with E-state index in [4.69, 9.17) is 4.74 Å². The Labute approximate surface area is 193 Å². The zero-order valence-electron chi connectivity index (χ0n) is 18.3. The van der Waals surface area contributed by atoms with Crippen molar-refractivity contribution in [3.8, 4) is 5.75 Å². The number of amides is 2. The Hall–Kier alpha value is -3.85. The van der Waals surface area contributed by atoms with E-state index in [9.17, 15) is 18.0 Å². The third-order valence-corrected chi connectivity index (χ3v) is 5.99. The van der Waals surface area contributed by atoms with Crippen molar-refractivity contribution in [2.75, 3.05) is 23.2 Å². The maximum atomic E-state index is 12.5. The van der Waals surface area contributed by atoms with E-state index in [-0.39, 0.29) is 11.4 Å². The molecule has 0 aliphatic carbocycles. The predicted molar refractivity (Wildman–Crippen MR) is 127 cm³/mol. The highest BCUT2D eigenvalue weighted by Crippen LogP contribution is 2.19. The zero-order chi connectivity index (χ0) is 23.8. The normalized spacial score (nSPS) is 10.8. The van der Waals surface area contributed by atoms with E-state index in [2.05, 4.69) is 15.4 Å². The van der Waals surface area contributed by atoms with E-state index in [0.29, 0.717) is 29.3 Å². The number of sulfonamides is 1. The van der Waals surface area contributed by atoms with Gasteiger partial charge in [0.15, 0.2) is 0 Å². The quantitative estimate of drug-likeness (QED) is 0.445. The Morgan fingerprint density at radius 3 is 2.18 bits per heavy atom. The summed E-state index contributed by atoms with van der Waals surface area (Å²) >= 11 is 0. The largest absolute Gasteiger partial charge is 0.493 e. The van der Waals surface area contributed by atoms with Gasteiger partial charge in [-0.05, 0) is 62.4 Å². The maximum Gasteiger partial charge on any atom is 0.261 e. The summed E-state index contributed by atoms with van der Waals surface area (Å²) in [5, 5.41) is 5.21. The minimum Gasteiger partial charge on any atom is -0.493 e. The molecule has 0 bridgehead atoms. The number of ether oxygens (including phenoxy) is 1. The van der Waals surface area contributed by atoms with E-state index in [1.807, 2.05) is 13.8 Å². The number of benzene rings is 3. The summed E-state index contributed by atoms with van der Waals surface area (Å²) in [6, 6.07) is 19.5. The fourth-order valence-corrected chi connectivity index (χ4v) is 4.01. The molecule has 9 heteroatoms. The Morgan fingerprint density at radius 2 is 1.52 bits per heavy atom. The SMILES string of the molecule is CCOc1ccccc1C(=O)NCC(=O)Nc1ccc(NS(=O)(=O)c2ccc(C)cc2)cc1. The molecular formula is C24H25N3O5S. The van der Waals surface area contributed by atoms with Crippen molar-refractivity contribution in [2.45, 2.75) is 18.7 Å². The first kappa shape index (κ1) is 23.8. The van der Waals surface area contributed by atoms with Crippen LogP contribution in [0.25, 0.3) is 0 Å². The van der Waals surface area contributed by atoms with Gasteiger partial charge in [-0.1, -0.05) is 29.8 Å². The van der Waals surface area contributed by atoms with Crippen molar-refractivity contribution in [1.82, 2.24) is 5.32 Å². The minimum atomic E-state index is -3.71. The summed E-state index contributed by atoms with van der Waals surface area (Å²) in [4.78, 5) is 24.7. The molecule has 0 heterocycles. The first-order valence-corrected chi connectivity index (χ1v) is 11.8. The molecule has 33 heavy (non-hydrogen) atoms.